The number of hydrogen-bond donors (Lipinski definition) is 1. The van der Waals surface area contributed by atoms with Crippen LogP contribution in [0.1, 0.15) is 66.5 Å². The SMILES string of the molecule is CC(C)Oc1cc(C(C)(C)C)c(O)c(C(C)(C)C)c1. The third-order valence-corrected chi connectivity index (χ3v) is 3.07. The second-order valence-electron chi connectivity index (χ2n) is 7.53. The van der Waals surface area contributed by atoms with E-state index in [1.165, 1.54) is 0 Å². The van der Waals surface area contributed by atoms with Gasteiger partial charge in [0.15, 0.2) is 0 Å². The summed E-state index contributed by atoms with van der Waals surface area (Å²) in [5.74, 6) is 1.23. The van der Waals surface area contributed by atoms with Crippen LogP contribution < -0.4 is 4.74 Å². The molecule has 0 saturated carbocycles. The van der Waals surface area contributed by atoms with E-state index in [4.69, 9.17) is 4.74 Å². The van der Waals surface area contributed by atoms with Crippen LogP contribution in [-0.4, -0.2) is 11.2 Å². The Labute approximate surface area is 117 Å². The average molecular weight is 264 g/mol. The predicted octanol–water partition coefficient (Wildman–Crippen LogP) is 4.77. The zero-order valence-electron chi connectivity index (χ0n) is 13.6. The fourth-order valence-electron chi connectivity index (χ4n) is 2.09. The van der Waals surface area contributed by atoms with Gasteiger partial charge in [0.2, 0.25) is 0 Å². The summed E-state index contributed by atoms with van der Waals surface area (Å²) in [4.78, 5) is 0. The van der Waals surface area contributed by atoms with E-state index in [2.05, 4.69) is 41.5 Å². The molecule has 1 N–H and O–H groups in total. The van der Waals surface area contributed by atoms with Crippen molar-refractivity contribution in [1.29, 1.82) is 0 Å². The van der Waals surface area contributed by atoms with Gasteiger partial charge in [0.1, 0.15) is 11.5 Å². The Morgan fingerprint density at radius 3 is 1.53 bits per heavy atom. The van der Waals surface area contributed by atoms with Gasteiger partial charge in [-0.25, -0.2) is 0 Å². The minimum Gasteiger partial charge on any atom is -0.507 e. The predicted molar refractivity (Wildman–Crippen MR) is 81.3 cm³/mol. The first kappa shape index (κ1) is 15.9. The van der Waals surface area contributed by atoms with Gasteiger partial charge in [-0.2, -0.15) is 0 Å². The number of benzene rings is 1. The molecule has 0 aliphatic carbocycles. The van der Waals surface area contributed by atoms with E-state index in [1.54, 1.807) is 0 Å². The lowest BCUT2D eigenvalue weighted by atomic mass is 9.79. The molecule has 0 bridgehead atoms. The Balaban J connectivity index is 3.48. The highest BCUT2D eigenvalue weighted by Gasteiger charge is 2.27. The van der Waals surface area contributed by atoms with E-state index in [0.717, 1.165) is 16.9 Å². The lowest BCUT2D eigenvalue weighted by molar-refractivity contribution is 0.240. The van der Waals surface area contributed by atoms with Crippen LogP contribution in [0.25, 0.3) is 0 Å². The summed E-state index contributed by atoms with van der Waals surface area (Å²) in [5.41, 5.74) is 1.66. The second kappa shape index (κ2) is 5.07. The van der Waals surface area contributed by atoms with E-state index in [9.17, 15) is 5.11 Å². The van der Waals surface area contributed by atoms with Gasteiger partial charge in [0, 0.05) is 11.1 Å². The molecule has 0 amide bonds. The number of phenols is 1. The molecule has 2 nitrogen and oxygen atoms in total. The van der Waals surface area contributed by atoms with Crippen molar-refractivity contribution >= 4 is 0 Å². The molecule has 1 rings (SSSR count). The molecule has 0 aliphatic heterocycles. The van der Waals surface area contributed by atoms with Crippen molar-refractivity contribution < 1.29 is 9.84 Å². The van der Waals surface area contributed by atoms with Gasteiger partial charge in [0.25, 0.3) is 0 Å². The lowest BCUT2D eigenvalue weighted by Crippen LogP contribution is -2.18. The Hall–Kier alpha value is -1.18. The van der Waals surface area contributed by atoms with Crippen molar-refractivity contribution in [3.63, 3.8) is 0 Å². The van der Waals surface area contributed by atoms with Gasteiger partial charge in [-0.3, -0.25) is 0 Å². The highest BCUT2D eigenvalue weighted by Crippen LogP contribution is 2.41. The van der Waals surface area contributed by atoms with Crippen LogP contribution in [-0.2, 0) is 10.8 Å². The van der Waals surface area contributed by atoms with Gasteiger partial charge in [-0.1, -0.05) is 41.5 Å². The molecule has 0 atom stereocenters. The van der Waals surface area contributed by atoms with Crippen LogP contribution in [0.4, 0.5) is 0 Å². The Kier molecular flexibility index (Phi) is 4.23. The summed E-state index contributed by atoms with van der Waals surface area (Å²) in [6, 6.07) is 3.93. The van der Waals surface area contributed by atoms with Crippen LogP contribution >= 0.6 is 0 Å². The molecule has 0 unspecified atom stereocenters. The van der Waals surface area contributed by atoms with Crippen molar-refractivity contribution in [3.05, 3.63) is 23.3 Å². The Bertz CT molecular complexity index is 410. The van der Waals surface area contributed by atoms with Crippen LogP contribution in [0.5, 0.6) is 11.5 Å². The Morgan fingerprint density at radius 2 is 1.26 bits per heavy atom. The van der Waals surface area contributed by atoms with E-state index in [0.29, 0.717) is 5.75 Å². The number of phenolic OH excluding ortho intramolecular Hbond substituents is 1. The topological polar surface area (TPSA) is 29.5 Å². The van der Waals surface area contributed by atoms with Crippen LogP contribution in [0.3, 0.4) is 0 Å². The van der Waals surface area contributed by atoms with Crippen molar-refractivity contribution in [1.82, 2.24) is 0 Å². The molecule has 1 aromatic carbocycles. The number of hydrogen-bond acceptors (Lipinski definition) is 2. The molecule has 0 heterocycles. The maximum Gasteiger partial charge on any atom is 0.123 e. The zero-order chi connectivity index (χ0) is 15.0. The normalized spacial score (nSPS) is 12.9. The van der Waals surface area contributed by atoms with Crippen LogP contribution in [0.15, 0.2) is 12.1 Å². The smallest absolute Gasteiger partial charge is 0.123 e. The average Bonchev–Trinajstić information content (AvgIpc) is 2.16. The maximum absolute atomic E-state index is 10.6. The van der Waals surface area contributed by atoms with Crippen molar-refractivity contribution in [3.8, 4) is 11.5 Å². The van der Waals surface area contributed by atoms with E-state index in [-0.39, 0.29) is 16.9 Å². The van der Waals surface area contributed by atoms with Gasteiger partial charge in [-0.05, 0) is 36.8 Å². The summed E-state index contributed by atoms with van der Waals surface area (Å²) in [6.07, 6.45) is 0.130. The second-order valence-corrected chi connectivity index (χ2v) is 7.53. The van der Waals surface area contributed by atoms with E-state index >= 15 is 0 Å². The lowest BCUT2D eigenvalue weighted by Gasteiger charge is -2.28. The molecular weight excluding hydrogens is 236 g/mol. The summed E-state index contributed by atoms with van der Waals surface area (Å²) >= 11 is 0. The first-order valence-corrected chi connectivity index (χ1v) is 6.97. The molecule has 2 heteroatoms. The molecule has 19 heavy (non-hydrogen) atoms. The quantitative estimate of drug-likeness (QED) is 0.833. The monoisotopic (exact) mass is 264 g/mol. The fraction of sp³-hybridized carbons (Fsp3) is 0.647. The molecule has 108 valence electrons. The van der Waals surface area contributed by atoms with Crippen molar-refractivity contribution in [2.75, 3.05) is 0 Å². The summed E-state index contributed by atoms with van der Waals surface area (Å²) in [5, 5.41) is 10.6. The minimum absolute atomic E-state index is 0.111. The molecule has 1 aromatic rings. The molecule has 0 saturated heterocycles. The standard InChI is InChI=1S/C17H28O2/c1-11(2)19-12-9-13(16(3,4)5)15(18)14(10-12)17(6,7)8/h9-11,18H,1-8H3. The molecule has 0 fully saturated rings. The molecule has 0 aliphatic rings. The van der Waals surface area contributed by atoms with Crippen LogP contribution in [0.2, 0.25) is 0 Å². The fourth-order valence-corrected chi connectivity index (χ4v) is 2.09. The summed E-state index contributed by atoms with van der Waals surface area (Å²) in [7, 11) is 0. The zero-order valence-corrected chi connectivity index (χ0v) is 13.6. The van der Waals surface area contributed by atoms with Gasteiger partial charge < -0.3 is 9.84 Å². The highest BCUT2D eigenvalue weighted by molar-refractivity contribution is 5.51. The Morgan fingerprint density at radius 1 is 0.895 bits per heavy atom. The van der Waals surface area contributed by atoms with E-state index in [1.807, 2.05) is 26.0 Å². The summed E-state index contributed by atoms with van der Waals surface area (Å²) in [6.45, 7) is 16.7. The van der Waals surface area contributed by atoms with Gasteiger partial charge in [-0.15, -0.1) is 0 Å². The molecule has 0 radical (unpaired) electrons. The van der Waals surface area contributed by atoms with Gasteiger partial charge >= 0.3 is 0 Å². The third-order valence-electron chi connectivity index (χ3n) is 3.07. The molecule has 0 aromatic heterocycles. The number of aromatic hydroxyl groups is 1. The maximum atomic E-state index is 10.6. The summed E-state index contributed by atoms with van der Waals surface area (Å²) < 4.78 is 5.83. The van der Waals surface area contributed by atoms with Gasteiger partial charge in [0.05, 0.1) is 6.10 Å². The number of rotatable bonds is 2. The third kappa shape index (κ3) is 3.89. The van der Waals surface area contributed by atoms with Crippen LogP contribution in [0, 0.1) is 0 Å². The first-order chi connectivity index (χ1) is 8.43. The first-order valence-electron chi connectivity index (χ1n) is 6.97. The number of ether oxygens (including phenoxy) is 1. The molecule has 0 spiro atoms. The molecular formula is C17H28O2. The van der Waals surface area contributed by atoms with Crippen molar-refractivity contribution in [2.24, 2.45) is 0 Å². The largest absolute Gasteiger partial charge is 0.507 e. The minimum atomic E-state index is -0.111. The highest BCUT2D eigenvalue weighted by atomic mass is 16.5. The van der Waals surface area contributed by atoms with Crippen molar-refractivity contribution in [2.45, 2.75) is 72.3 Å². The van der Waals surface area contributed by atoms with E-state index < -0.39 is 0 Å².